The molecule has 112 valence electrons. The molecule has 1 amide bonds. The lowest BCUT2D eigenvalue weighted by atomic mass is 10.2. The van der Waals surface area contributed by atoms with Gasteiger partial charge in [-0.2, -0.15) is 0 Å². The monoisotopic (exact) mass is 324 g/mol. The summed E-state index contributed by atoms with van der Waals surface area (Å²) in [4.78, 5) is 14.6. The van der Waals surface area contributed by atoms with Crippen molar-refractivity contribution in [2.45, 2.75) is 6.04 Å². The van der Waals surface area contributed by atoms with Crippen LogP contribution in [0, 0.1) is 0 Å². The second-order valence-corrected chi connectivity index (χ2v) is 5.92. The summed E-state index contributed by atoms with van der Waals surface area (Å²) in [5.41, 5.74) is 5.95. The van der Waals surface area contributed by atoms with Gasteiger partial charge in [0, 0.05) is 11.9 Å². The molecule has 0 spiro atoms. The number of para-hydroxylation sites is 1. The normalized spacial score (nSPS) is 12.0. The van der Waals surface area contributed by atoms with Gasteiger partial charge in [0.1, 0.15) is 18.4 Å². The van der Waals surface area contributed by atoms with E-state index in [-0.39, 0.29) is 5.91 Å². The molecule has 1 aromatic heterocycles. The van der Waals surface area contributed by atoms with Crippen LogP contribution in [0.15, 0.2) is 41.8 Å². The van der Waals surface area contributed by atoms with Crippen molar-refractivity contribution in [1.29, 1.82) is 0 Å². The summed E-state index contributed by atoms with van der Waals surface area (Å²) in [6, 6.07) is 10.4. The second kappa shape index (κ2) is 7.45. The van der Waals surface area contributed by atoms with Crippen LogP contribution in [-0.2, 0) is 4.79 Å². The quantitative estimate of drug-likeness (QED) is 0.888. The summed E-state index contributed by atoms with van der Waals surface area (Å²) >= 11 is 7.47. The van der Waals surface area contributed by atoms with Gasteiger partial charge in [0.25, 0.3) is 0 Å². The highest BCUT2D eigenvalue weighted by Gasteiger charge is 2.20. The average molecular weight is 325 g/mol. The molecule has 0 fully saturated rings. The standard InChI is InChI=1S/C15H17ClN2O2S/c1-18(15(19)14(17)13-7-4-10-21-13)8-9-20-12-6-3-2-5-11(12)16/h2-7,10,14H,8-9,17H2,1H3. The van der Waals surface area contributed by atoms with Crippen molar-refractivity contribution in [3.05, 3.63) is 51.7 Å². The van der Waals surface area contributed by atoms with E-state index in [0.29, 0.717) is 23.9 Å². The number of thiophene rings is 1. The van der Waals surface area contributed by atoms with Gasteiger partial charge in [-0.15, -0.1) is 11.3 Å². The predicted octanol–water partition coefficient (Wildman–Crippen LogP) is 2.94. The molecule has 1 atom stereocenters. The average Bonchev–Trinajstić information content (AvgIpc) is 3.01. The molecule has 21 heavy (non-hydrogen) atoms. The molecule has 2 aromatic rings. The SMILES string of the molecule is CN(CCOc1ccccc1Cl)C(=O)C(N)c1cccs1. The van der Waals surface area contributed by atoms with Crippen LogP contribution in [0.2, 0.25) is 5.02 Å². The summed E-state index contributed by atoms with van der Waals surface area (Å²) in [6.45, 7) is 0.812. The number of carbonyl (C=O) groups is 1. The fourth-order valence-electron chi connectivity index (χ4n) is 1.79. The van der Waals surface area contributed by atoms with Crippen molar-refractivity contribution >= 4 is 28.8 Å². The molecule has 2 N–H and O–H groups in total. The molecule has 0 aliphatic carbocycles. The third-order valence-electron chi connectivity index (χ3n) is 3.01. The van der Waals surface area contributed by atoms with Gasteiger partial charge in [-0.05, 0) is 23.6 Å². The number of nitrogens with two attached hydrogens (primary N) is 1. The Morgan fingerprint density at radius 1 is 1.38 bits per heavy atom. The Morgan fingerprint density at radius 2 is 2.14 bits per heavy atom. The number of benzene rings is 1. The van der Waals surface area contributed by atoms with Crippen molar-refractivity contribution < 1.29 is 9.53 Å². The van der Waals surface area contributed by atoms with Crippen LogP contribution in [0.1, 0.15) is 10.9 Å². The van der Waals surface area contributed by atoms with Crippen LogP contribution in [0.5, 0.6) is 5.75 Å². The van der Waals surface area contributed by atoms with E-state index in [1.165, 1.54) is 11.3 Å². The fourth-order valence-corrected chi connectivity index (χ4v) is 2.70. The predicted molar refractivity (Wildman–Crippen MR) is 85.8 cm³/mol. The number of hydrogen-bond donors (Lipinski definition) is 1. The number of amides is 1. The maximum atomic E-state index is 12.2. The van der Waals surface area contributed by atoms with E-state index < -0.39 is 6.04 Å². The highest BCUT2D eigenvalue weighted by molar-refractivity contribution is 7.10. The van der Waals surface area contributed by atoms with E-state index in [9.17, 15) is 4.79 Å². The Balaban J connectivity index is 1.83. The molecule has 6 heteroatoms. The van der Waals surface area contributed by atoms with Gasteiger partial charge in [0.05, 0.1) is 11.6 Å². The van der Waals surface area contributed by atoms with Crippen LogP contribution in [0.3, 0.4) is 0 Å². The van der Waals surface area contributed by atoms with Crippen LogP contribution < -0.4 is 10.5 Å². The number of likely N-dealkylation sites (N-methyl/N-ethyl adjacent to an activating group) is 1. The Labute approximate surface area is 133 Å². The van der Waals surface area contributed by atoms with Gasteiger partial charge in [-0.3, -0.25) is 4.79 Å². The van der Waals surface area contributed by atoms with E-state index in [1.54, 1.807) is 24.1 Å². The first kappa shape index (κ1) is 15.8. The summed E-state index contributed by atoms with van der Waals surface area (Å²) < 4.78 is 5.56. The number of ether oxygens (including phenoxy) is 1. The van der Waals surface area contributed by atoms with E-state index in [0.717, 1.165) is 4.88 Å². The van der Waals surface area contributed by atoms with Crippen LogP contribution in [0.25, 0.3) is 0 Å². The molecular weight excluding hydrogens is 308 g/mol. The zero-order valence-electron chi connectivity index (χ0n) is 11.7. The zero-order valence-corrected chi connectivity index (χ0v) is 13.2. The highest BCUT2D eigenvalue weighted by Crippen LogP contribution is 2.23. The highest BCUT2D eigenvalue weighted by atomic mass is 35.5. The largest absolute Gasteiger partial charge is 0.490 e. The minimum atomic E-state index is -0.615. The van der Waals surface area contributed by atoms with Crippen LogP contribution >= 0.6 is 22.9 Å². The molecule has 1 aromatic carbocycles. The van der Waals surface area contributed by atoms with Crippen molar-refractivity contribution in [3.63, 3.8) is 0 Å². The first-order valence-corrected chi connectivity index (χ1v) is 7.76. The lowest BCUT2D eigenvalue weighted by Crippen LogP contribution is -2.37. The van der Waals surface area contributed by atoms with Gasteiger partial charge < -0.3 is 15.4 Å². The topological polar surface area (TPSA) is 55.6 Å². The smallest absolute Gasteiger partial charge is 0.244 e. The summed E-state index contributed by atoms with van der Waals surface area (Å²) in [7, 11) is 1.71. The first-order valence-electron chi connectivity index (χ1n) is 6.51. The maximum absolute atomic E-state index is 12.2. The number of halogens is 1. The molecular formula is C15H17ClN2O2S. The first-order chi connectivity index (χ1) is 10.1. The maximum Gasteiger partial charge on any atom is 0.244 e. The molecule has 1 unspecified atom stereocenters. The van der Waals surface area contributed by atoms with Gasteiger partial charge >= 0.3 is 0 Å². The van der Waals surface area contributed by atoms with Crippen molar-refractivity contribution in [1.82, 2.24) is 4.90 Å². The molecule has 1 heterocycles. The second-order valence-electron chi connectivity index (χ2n) is 4.53. The van der Waals surface area contributed by atoms with Crippen molar-refractivity contribution in [3.8, 4) is 5.75 Å². The Morgan fingerprint density at radius 3 is 2.81 bits per heavy atom. The van der Waals surface area contributed by atoms with Crippen molar-refractivity contribution in [2.24, 2.45) is 5.73 Å². The molecule has 2 rings (SSSR count). The van der Waals surface area contributed by atoms with E-state index in [2.05, 4.69) is 0 Å². The Kier molecular flexibility index (Phi) is 5.61. The molecule has 0 saturated carbocycles. The molecule has 0 aliphatic heterocycles. The molecule has 0 saturated heterocycles. The number of hydrogen-bond acceptors (Lipinski definition) is 4. The summed E-state index contributed by atoms with van der Waals surface area (Å²) in [5, 5.41) is 2.46. The van der Waals surface area contributed by atoms with Gasteiger partial charge in [-0.25, -0.2) is 0 Å². The summed E-state index contributed by atoms with van der Waals surface area (Å²) in [6.07, 6.45) is 0. The van der Waals surface area contributed by atoms with Gasteiger partial charge in [-0.1, -0.05) is 29.8 Å². The molecule has 0 radical (unpaired) electrons. The molecule has 0 aliphatic rings. The lowest BCUT2D eigenvalue weighted by Gasteiger charge is -2.21. The fraction of sp³-hybridized carbons (Fsp3) is 0.267. The number of nitrogens with zero attached hydrogens (tertiary/aromatic N) is 1. The summed E-state index contributed by atoms with van der Waals surface area (Å²) in [5.74, 6) is 0.489. The van der Waals surface area contributed by atoms with Crippen LogP contribution in [-0.4, -0.2) is 31.0 Å². The van der Waals surface area contributed by atoms with E-state index in [4.69, 9.17) is 22.1 Å². The Hall–Kier alpha value is -1.56. The Bertz CT molecular complexity index is 589. The molecule has 0 bridgehead atoms. The van der Waals surface area contributed by atoms with E-state index >= 15 is 0 Å². The minimum Gasteiger partial charge on any atom is -0.490 e. The van der Waals surface area contributed by atoms with E-state index in [1.807, 2.05) is 29.6 Å². The van der Waals surface area contributed by atoms with Crippen molar-refractivity contribution in [2.75, 3.05) is 20.2 Å². The van der Waals surface area contributed by atoms with Gasteiger partial charge in [0.2, 0.25) is 5.91 Å². The number of rotatable bonds is 6. The lowest BCUT2D eigenvalue weighted by molar-refractivity contribution is -0.131. The third-order valence-corrected chi connectivity index (χ3v) is 4.28. The zero-order chi connectivity index (χ0) is 15.2. The molecule has 4 nitrogen and oxygen atoms in total. The van der Waals surface area contributed by atoms with Crippen LogP contribution in [0.4, 0.5) is 0 Å². The minimum absolute atomic E-state index is 0.125. The third kappa shape index (κ3) is 4.20. The number of carbonyl (C=O) groups excluding carboxylic acids is 1. The van der Waals surface area contributed by atoms with Gasteiger partial charge in [0.15, 0.2) is 0 Å².